The summed E-state index contributed by atoms with van der Waals surface area (Å²) < 4.78 is 32.7. The van der Waals surface area contributed by atoms with Gasteiger partial charge in [0.15, 0.2) is 21.0 Å². The van der Waals surface area contributed by atoms with Crippen molar-refractivity contribution in [2.75, 3.05) is 44.9 Å². The van der Waals surface area contributed by atoms with Gasteiger partial charge in [-0.1, -0.05) is 11.6 Å². The molecule has 2 aromatic rings. The predicted octanol–water partition coefficient (Wildman–Crippen LogP) is 4.73. The molecule has 3 aliphatic rings. The molecule has 2 atom stereocenters. The molecule has 0 bridgehead atoms. The van der Waals surface area contributed by atoms with Gasteiger partial charge in [-0.15, -0.1) is 0 Å². The first-order valence-corrected chi connectivity index (χ1v) is 15.9. The third-order valence-electron chi connectivity index (χ3n) is 7.90. The predicted molar refractivity (Wildman–Crippen MR) is 160 cm³/mol. The fraction of sp³-hybridized carbons (Fsp3) is 0.571. The number of hydrogen-bond acceptors (Lipinski definition) is 10. The van der Waals surface area contributed by atoms with E-state index in [9.17, 15) is 8.42 Å². The summed E-state index contributed by atoms with van der Waals surface area (Å²) in [6.07, 6.45) is 7.95. The van der Waals surface area contributed by atoms with Crippen LogP contribution in [0.2, 0.25) is 5.02 Å². The Morgan fingerprint density at radius 3 is 2.55 bits per heavy atom. The van der Waals surface area contributed by atoms with Crippen LogP contribution in [-0.2, 0) is 9.84 Å². The van der Waals surface area contributed by atoms with Crippen molar-refractivity contribution in [2.24, 2.45) is 0 Å². The minimum absolute atomic E-state index is 0.233. The smallest absolute Gasteiger partial charge is 0.229 e. The average Bonchev–Trinajstić information content (AvgIpc) is 3.66. The summed E-state index contributed by atoms with van der Waals surface area (Å²) in [4.78, 5) is 11.4. The van der Waals surface area contributed by atoms with E-state index in [1.165, 1.54) is 30.2 Å². The van der Waals surface area contributed by atoms with Crippen LogP contribution in [0.5, 0.6) is 5.75 Å². The summed E-state index contributed by atoms with van der Waals surface area (Å²) in [7, 11) is 2.22. The number of likely N-dealkylation sites (tertiary alicyclic amines) is 1. The number of likely N-dealkylation sites (N-methyl/N-ethyl adjacent to an activating group) is 2. The molecule has 1 aromatic carbocycles. The summed E-state index contributed by atoms with van der Waals surface area (Å²) in [5.74, 6) is 1.93. The van der Waals surface area contributed by atoms with Gasteiger partial charge < -0.3 is 25.3 Å². The molecule has 40 heavy (non-hydrogen) atoms. The zero-order chi connectivity index (χ0) is 28.8. The normalized spacial score (nSPS) is 22.5. The second-order valence-electron chi connectivity index (χ2n) is 11.5. The van der Waals surface area contributed by atoms with Gasteiger partial charge in [0, 0.05) is 26.8 Å². The largest absolute Gasteiger partial charge is 0.488 e. The Morgan fingerprint density at radius 2 is 1.88 bits per heavy atom. The number of halogens is 1. The van der Waals surface area contributed by atoms with Crippen molar-refractivity contribution in [3.8, 4) is 5.75 Å². The number of nitrogens with zero attached hydrogens (tertiary/aromatic N) is 5. The van der Waals surface area contributed by atoms with Crippen LogP contribution in [0.3, 0.4) is 0 Å². The van der Waals surface area contributed by atoms with E-state index in [1.54, 1.807) is 44.2 Å². The van der Waals surface area contributed by atoms with Crippen molar-refractivity contribution in [3.05, 3.63) is 46.4 Å². The van der Waals surface area contributed by atoms with E-state index >= 15 is 0 Å². The maximum Gasteiger partial charge on any atom is 0.229 e. The highest BCUT2D eigenvalue weighted by molar-refractivity contribution is 7.92. The first-order chi connectivity index (χ1) is 18.9. The van der Waals surface area contributed by atoms with Crippen LogP contribution in [-0.4, -0.2) is 84.3 Å². The van der Waals surface area contributed by atoms with Crippen molar-refractivity contribution in [1.82, 2.24) is 24.9 Å². The Balaban J connectivity index is 1.42. The van der Waals surface area contributed by atoms with Crippen molar-refractivity contribution >= 4 is 38.9 Å². The lowest BCUT2D eigenvalue weighted by Crippen LogP contribution is -2.44. The second-order valence-corrected chi connectivity index (χ2v) is 14.5. The van der Waals surface area contributed by atoms with Crippen LogP contribution in [0, 0.1) is 6.92 Å². The Hall–Kier alpha value is -2.60. The van der Waals surface area contributed by atoms with Crippen molar-refractivity contribution in [3.63, 3.8) is 0 Å². The van der Waals surface area contributed by atoms with Gasteiger partial charge in [0.05, 0.1) is 28.9 Å². The van der Waals surface area contributed by atoms with Gasteiger partial charge in [0.2, 0.25) is 5.95 Å². The lowest BCUT2D eigenvalue weighted by Gasteiger charge is -2.31. The number of sulfone groups is 1. The molecule has 218 valence electrons. The number of hydrogen-bond donors (Lipinski definition) is 2. The Bertz CT molecular complexity index is 1400. The van der Waals surface area contributed by atoms with Crippen LogP contribution in [0.25, 0.3) is 0 Å². The van der Waals surface area contributed by atoms with Gasteiger partial charge >= 0.3 is 0 Å². The monoisotopic (exact) mass is 589 g/mol. The lowest BCUT2D eigenvalue weighted by atomic mass is 9.87. The van der Waals surface area contributed by atoms with Crippen molar-refractivity contribution < 1.29 is 13.2 Å². The van der Waals surface area contributed by atoms with E-state index in [-0.39, 0.29) is 11.1 Å². The highest BCUT2D eigenvalue weighted by Gasteiger charge is 2.41. The van der Waals surface area contributed by atoms with Gasteiger partial charge in [-0.25, -0.2) is 18.4 Å². The van der Waals surface area contributed by atoms with E-state index in [2.05, 4.69) is 51.6 Å². The van der Waals surface area contributed by atoms with Gasteiger partial charge in [0.1, 0.15) is 10.8 Å². The molecule has 3 heterocycles. The number of nitrogens with one attached hydrogen (secondary N) is 2. The quantitative estimate of drug-likeness (QED) is 0.427. The number of ether oxygens (including phenoxy) is 1. The van der Waals surface area contributed by atoms with E-state index in [1.807, 2.05) is 0 Å². The summed E-state index contributed by atoms with van der Waals surface area (Å²) in [5.41, 5.74) is 3.79. The molecular formula is C28H40ClN7O3S. The Kier molecular flexibility index (Phi) is 8.20. The molecule has 1 aromatic heterocycles. The molecule has 1 saturated carbocycles. The van der Waals surface area contributed by atoms with E-state index < -0.39 is 20.5 Å². The number of anilines is 3. The standard InChI is InChI=1S/C28H40ClN7O3S/c1-17(2)40(37,38)27-24(16-35(5)36(27)6)31-26-22(29)14-30-28(33-26)32-23-12-18(3)21(13-25(23)39-20-9-10-20)19-8-7-11-34(4)15-19/h12-14,16-17,19-20,27H,7-11,15H2,1-6H3,(H2,30,31,32,33). The fourth-order valence-corrected chi connectivity index (χ4v) is 7.06. The average molecular weight is 590 g/mol. The minimum Gasteiger partial charge on any atom is -0.488 e. The van der Waals surface area contributed by atoms with Gasteiger partial charge in [-0.3, -0.25) is 0 Å². The number of benzene rings is 1. The van der Waals surface area contributed by atoms with Crippen LogP contribution >= 0.6 is 11.6 Å². The fourth-order valence-electron chi connectivity index (χ4n) is 5.36. The van der Waals surface area contributed by atoms with Crippen LogP contribution < -0.4 is 15.4 Å². The SMILES string of the molecule is Cc1cc(Nc2ncc(Cl)c(NC3=CN(C)N(C)C3S(=O)(=O)C(C)C)n2)c(OC2CC2)cc1C1CCCN(C)C1. The highest BCUT2D eigenvalue weighted by atomic mass is 35.5. The molecule has 2 unspecified atom stereocenters. The topological polar surface area (TPSA) is 103 Å². The second kappa shape index (κ2) is 11.3. The summed E-state index contributed by atoms with van der Waals surface area (Å²) in [6, 6.07) is 4.30. The third kappa shape index (κ3) is 6.02. The molecule has 0 amide bonds. The zero-order valence-corrected chi connectivity index (χ0v) is 25.7. The molecule has 10 nitrogen and oxygen atoms in total. The molecule has 5 rings (SSSR count). The van der Waals surface area contributed by atoms with Crippen molar-refractivity contribution in [1.29, 1.82) is 0 Å². The number of piperidine rings is 1. The first-order valence-electron chi connectivity index (χ1n) is 13.9. The molecule has 1 saturated heterocycles. The highest BCUT2D eigenvalue weighted by Crippen LogP contribution is 2.39. The van der Waals surface area contributed by atoms with Crippen LogP contribution in [0.1, 0.15) is 56.6 Å². The van der Waals surface area contributed by atoms with Crippen LogP contribution in [0.4, 0.5) is 17.5 Å². The zero-order valence-electron chi connectivity index (χ0n) is 24.1. The maximum absolute atomic E-state index is 13.2. The molecule has 2 N–H and O–H groups in total. The number of rotatable bonds is 9. The molecule has 2 aliphatic heterocycles. The first kappa shape index (κ1) is 28.9. The third-order valence-corrected chi connectivity index (χ3v) is 10.7. The van der Waals surface area contributed by atoms with E-state index in [4.69, 9.17) is 16.3 Å². The van der Waals surface area contributed by atoms with Crippen LogP contribution in [0.15, 0.2) is 30.2 Å². The molecule has 12 heteroatoms. The molecule has 0 radical (unpaired) electrons. The van der Waals surface area contributed by atoms with Gasteiger partial charge in [-0.05, 0) is 89.2 Å². The number of hydrazine groups is 1. The maximum atomic E-state index is 13.2. The minimum atomic E-state index is -3.50. The summed E-state index contributed by atoms with van der Waals surface area (Å²) >= 11 is 6.48. The molecule has 0 spiro atoms. The van der Waals surface area contributed by atoms with Gasteiger partial charge in [0.25, 0.3) is 0 Å². The van der Waals surface area contributed by atoms with Crippen molar-refractivity contribution in [2.45, 2.75) is 69.1 Å². The van der Waals surface area contributed by atoms with Gasteiger partial charge in [-0.2, -0.15) is 4.98 Å². The Morgan fingerprint density at radius 1 is 1.12 bits per heavy atom. The van der Waals surface area contributed by atoms with E-state index in [0.717, 1.165) is 37.4 Å². The summed E-state index contributed by atoms with van der Waals surface area (Å²) in [6.45, 7) is 7.68. The van der Waals surface area contributed by atoms with E-state index in [0.29, 0.717) is 23.4 Å². The number of aryl methyl sites for hydroxylation is 1. The molecule has 2 fully saturated rings. The Labute approximate surface area is 242 Å². The number of aromatic nitrogens is 2. The molecular weight excluding hydrogens is 550 g/mol. The summed E-state index contributed by atoms with van der Waals surface area (Å²) in [5, 5.41) is 8.76. The molecule has 1 aliphatic carbocycles. The lowest BCUT2D eigenvalue weighted by molar-refractivity contribution is 0.100.